The minimum atomic E-state index is 0.259. The van der Waals surface area contributed by atoms with Crippen LogP contribution in [0.2, 0.25) is 0 Å². The summed E-state index contributed by atoms with van der Waals surface area (Å²) < 4.78 is 2.17. The van der Waals surface area contributed by atoms with Crippen molar-refractivity contribution in [2.24, 2.45) is 5.92 Å². The van der Waals surface area contributed by atoms with Crippen LogP contribution >= 0.6 is 0 Å². The smallest absolute Gasteiger partial charge is 0.165 e. The van der Waals surface area contributed by atoms with E-state index in [1.54, 1.807) is 6.33 Å². The summed E-state index contributed by atoms with van der Waals surface area (Å²) in [5, 5.41) is 15.5. The first-order valence-corrected chi connectivity index (χ1v) is 11.4. The second kappa shape index (κ2) is 8.02. The second-order valence-corrected chi connectivity index (χ2v) is 8.99. The molecule has 1 saturated heterocycles. The van der Waals surface area contributed by atoms with Gasteiger partial charge in [0.25, 0.3) is 0 Å². The van der Waals surface area contributed by atoms with Gasteiger partial charge in [-0.3, -0.25) is 0 Å². The molecule has 1 saturated carbocycles. The summed E-state index contributed by atoms with van der Waals surface area (Å²) in [5.74, 6) is 2.22. The maximum Gasteiger partial charge on any atom is 0.165 e. The van der Waals surface area contributed by atoms with Gasteiger partial charge in [-0.05, 0) is 43.1 Å². The number of nitrogens with one attached hydrogen (secondary N) is 1. The molecule has 1 aliphatic heterocycles. The average Bonchev–Trinajstić information content (AvgIpc) is 3.58. The van der Waals surface area contributed by atoms with Crippen LogP contribution in [0.5, 0.6) is 0 Å². The monoisotopic (exact) mass is 429 g/mol. The van der Waals surface area contributed by atoms with Crippen molar-refractivity contribution in [3.05, 3.63) is 49.2 Å². The van der Waals surface area contributed by atoms with Crippen LogP contribution in [0, 0.1) is 5.92 Å². The molecule has 4 aromatic rings. The first-order valence-electron chi connectivity index (χ1n) is 11.4. The molecule has 6 rings (SSSR count). The number of fused-ring (bicyclic) bond motifs is 2. The van der Waals surface area contributed by atoms with Gasteiger partial charge in [-0.15, -0.1) is 0 Å². The minimum absolute atomic E-state index is 0.259. The normalized spacial score (nSPS) is 23.4. The van der Waals surface area contributed by atoms with Gasteiger partial charge in [-0.1, -0.05) is 24.3 Å². The fourth-order valence-electron chi connectivity index (χ4n) is 5.31. The van der Waals surface area contributed by atoms with Crippen LogP contribution in [0.25, 0.3) is 21.9 Å². The van der Waals surface area contributed by atoms with Crippen LogP contribution in [0.1, 0.15) is 31.7 Å². The highest BCUT2D eigenvalue weighted by Gasteiger charge is 2.29. The van der Waals surface area contributed by atoms with Gasteiger partial charge in [0.1, 0.15) is 17.7 Å². The SMILES string of the molecule is OC[C@@H]1CC[C@@H](n2cnc3c(N[C@H]4CCN(c5nccc6ccccc56)C4)ncnc32)C1. The third-order valence-corrected chi connectivity index (χ3v) is 7.01. The molecular weight excluding hydrogens is 402 g/mol. The van der Waals surface area contributed by atoms with E-state index in [0.717, 1.165) is 61.6 Å². The molecule has 0 spiro atoms. The third kappa shape index (κ3) is 3.35. The fourth-order valence-corrected chi connectivity index (χ4v) is 5.31. The molecule has 2 aliphatic rings. The van der Waals surface area contributed by atoms with Crippen LogP contribution in [0.4, 0.5) is 11.6 Å². The molecule has 0 bridgehead atoms. The van der Waals surface area contributed by atoms with Gasteiger partial charge in [0.05, 0.1) is 6.33 Å². The summed E-state index contributed by atoms with van der Waals surface area (Å²) in [6.07, 6.45) is 9.50. The van der Waals surface area contributed by atoms with E-state index in [2.05, 4.69) is 65.1 Å². The van der Waals surface area contributed by atoms with E-state index in [9.17, 15) is 5.11 Å². The van der Waals surface area contributed by atoms with Gasteiger partial charge in [0, 0.05) is 43.4 Å². The first kappa shape index (κ1) is 19.4. The number of pyridine rings is 1. The molecule has 1 aromatic carbocycles. The molecular formula is C24H27N7O. The molecule has 2 fully saturated rings. The van der Waals surface area contributed by atoms with E-state index in [1.807, 2.05) is 12.5 Å². The summed E-state index contributed by atoms with van der Waals surface area (Å²) >= 11 is 0. The molecule has 2 N–H and O–H groups in total. The highest BCUT2D eigenvalue weighted by atomic mass is 16.3. The van der Waals surface area contributed by atoms with Crippen molar-refractivity contribution in [1.82, 2.24) is 24.5 Å². The van der Waals surface area contributed by atoms with E-state index < -0.39 is 0 Å². The van der Waals surface area contributed by atoms with Crippen molar-refractivity contribution in [3.8, 4) is 0 Å². The molecule has 0 amide bonds. The predicted octanol–water partition coefficient (Wildman–Crippen LogP) is 3.40. The molecule has 8 heteroatoms. The Morgan fingerprint density at radius 1 is 1.03 bits per heavy atom. The van der Waals surface area contributed by atoms with Gasteiger partial charge in [-0.2, -0.15) is 0 Å². The predicted molar refractivity (Wildman–Crippen MR) is 125 cm³/mol. The Hall–Kier alpha value is -3.26. The lowest BCUT2D eigenvalue weighted by Crippen LogP contribution is -2.27. The van der Waals surface area contributed by atoms with Crippen LogP contribution in [-0.2, 0) is 0 Å². The lowest BCUT2D eigenvalue weighted by atomic mass is 10.1. The number of rotatable bonds is 5. The van der Waals surface area contributed by atoms with Crippen molar-refractivity contribution in [3.63, 3.8) is 0 Å². The maximum atomic E-state index is 9.49. The van der Waals surface area contributed by atoms with Gasteiger partial charge in [-0.25, -0.2) is 19.9 Å². The molecule has 0 radical (unpaired) electrons. The van der Waals surface area contributed by atoms with Crippen molar-refractivity contribution in [2.45, 2.75) is 37.8 Å². The Bertz CT molecular complexity index is 1250. The third-order valence-electron chi connectivity index (χ3n) is 7.01. The number of aliphatic hydroxyl groups excluding tert-OH is 1. The van der Waals surface area contributed by atoms with E-state index >= 15 is 0 Å². The van der Waals surface area contributed by atoms with E-state index in [4.69, 9.17) is 0 Å². The molecule has 32 heavy (non-hydrogen) atoms. The summed E-state index contributed by atoms with van der Waals surface area (Å²) in [7, 11) is 0. The molecule has 3 atom stereocenters. The summed E-state index contributed by atoms with van der Waals surface area (Å²) in [6, 6.07) is 11.1. The Labute approximate surface area is 186 Å². The zero-order chi connectivity index (χ0) is 21.5. The zero-order valence-electron chi connectivity index (χ0n) is 17.9. The van der Waals surface area contributed by atoms with Crippen LogP contribution in [0.3, 0.4) is 0 Å². The van der Waals surface area contributed by atoms with Crippen molar-refractivity contribution >= 4 is 33.6 Å². The largest absolute Gasteiger partial charge is 0.396 e. The second-order valence-electron chi connectivity index (χ2n) is 8.99. The Morgan fingerprint density at radius 2 is 1.97 bits per heavy atom. The van der Waals surface area contributed by atoms with Gasteiger partial charge in [0.2, 0.25) is 0 Å². The van der Waals surface area contributed by atoms with E-state index in [0.29, 0.717) is 12.0 Å². The number of nitrogens with zero attached hydrogens (tertiary/aromatic N) is 6. The number of aliphatic hydroxyl groups is 1. The molecule has 8 nitrogen and oxygen atoms in total. The van der Waals surface area contributed by atoms with Crippen molar-refractivity contribution in [2.75, 3.05) is 29.9 Å². The quantitative estimate of drug-likeness (QED) is 0.502. The molecule has 164 valence electrons. The maximum absolute atomic E-state index is 9.49. The molecule has 3 aromatic heterocycles. The van der Waals surface area contributed by atoms with E-state index in [1.165, 1.54) is 10.8 Å². The fraction of sp³-hybridized carbons (Fsp3) is 0.417. The van der Waals surface area contributed by atoms with Gasteiger partial charge in [0.15, 0.2) is 11.5 Å². The number of hydrogen-bond donors (Lipinski definition) is 2. The molecule has 0 unspecified atom stereocenters. The summed E-state index contributed by atoms with van der Waals surface area (Å²) in [6.45, 7) is 2.08. The van der Waals surface area contributed by atoms with Crippen LogP contribution in [0.15, 0.2) is 49.2 Å². The van der Waals surface area contributed by atoms with Crippen molar-refractivity contribution < 1.29 is 5.11 Å². The number of anilines is 2. The average molecular weight is 430 g/mol. The zero-order valence-corrected chi connectivity index (χ0v) is 17.9. The number of aromatic nitrogens is 5. The minimum Gasteiger partial charge on any atom is -0.396 e. The highest BCUT2D eigenvalue weighted by molar-refractivity contribution is 5.92. The summed E-state index contributed by atoms with van der Waals surface area (Å²) in [4.78, 5) is 20.7. The standard InChI is InChI=1S/C24H27N7O/c32-13-16-5-6-19(11-16)31-15-28-21-22(26-14-27-24(21)31)29-18-8-10-30(12-18)23-20-4-2-1-3-17(20)7-9-25-23/h1-4,7,9,14-16,18-19,32H,5-6,8,10-13H2,(H,26,27,29)/t16-,18+,19-/m1/s1. The highest BCUT2D eigenvalue weighted by Crippen LogP contribution is 2.36. The number of hydrogen-bond acceptors (Lipinski definition) is 7. The van der Waals surface area contributed by atoms with Crippen molar-refractivity contribution in [1.29, 1.82) is 0 Å². The Balaban J connectivity index is 1.22. The van der Waals surface area contributed by atoms with Crippen LogP contribution < -0.4 is 10.2 Å². The number of benzene rings is 1. The van der Waals surface area contributed by atoms with Crippen LogP contribution in [-0.4, -0.2) is 55.3 Å². The summed E-state index contributed by atoms with van der Waals surface area (Å²) in [5.41, 5.74) is 1.69. The molecule has 1 aliphatic carbocycles. The first-order chi connectivity index (χ1) is 15.8. The van der Waals surface area contributed by atoms with E-state index in [-0.39, 0.29) is 12.6 Å². The van der Waals surface area contributed by atoms with Gasteiger partial charge < -0.3 is 19.9 Å². The lowest BCUT2D eigenvalue weighted by molar-refractivity contribution is 0.226. The topological polar surface area (TPSA) is 92.0 Å². The molecule has 4 heterocycles. The Kier molecular flexibility index (Phi) is 4.87. The lowest BCUT2D eigenvalue weighted by Gasteiger charge is -2.20. The Morgan fingerprint density at radius 3 is 2.88 bits per heavy atom. The van der Waals surface area contributed by atoms with Gasteiger partial charge >= 0.3 is 0 Å². The number of imidazole rings is 1.